The topological polar surface area (TPSA) is 32.5 Å². The molecule has 1 atom stereocenters. The van der Waals surface area contributed by atoms with Crippen LogP contribution in [0.5, 0.6) is 0 Å². The standard InChI is InChI=1S/C12H27N3/c1-11-9-14(4)7-8-15(11)6-5-12(2,3)10-13/h11H,5-10,13H2,1-4H3. The first-order valence-corrected chi connectivity index (χ1v) is 6.07. The molecule has 3 heteroatoms. The minimum absolute atomic E-state index is 0.295. The van der Waals surface area contributed by atoms with E-state index in [0.29, 0.717) is 11.5 Å². The normalized spacial score (nSPS) is 25.8. The summed E-state index contributed by atoms with van der Waals surface area (Å²) in [6.45, 7) is 12.4. The molecule has 0 aromatic heterocycles. The van der Waals surface area contributed by atoms with Crippen LogP contribution in [0, 0.1) is 5.41 Å². The van der Waals surface area contributed by atoms with E-state index in [-0.39, 0.29) is 0 Å². The van der Waals surface area contributed by atoms with Crippen molar-refractivity contribution in [3.05, 3.63) is 0 Å². The predicted octanol–water partition coefficient (Wildman–Crippen LogP) is 0.997. The van der Waals surface area contributed by atoms with E-state index in [9.17, 15) is 0 Å². The fraction of sp³-hybridized carbons (Fsp3) is 1.00. The first kappa shape index (κ1) is 12.9. The van der Waals surface area contributed by atoms with E-state index >= 15 is 0 Å². The SMILES string of the molecule is CC1CN(C)CCN1CCC(C)(C)CN. The molecule has 1 aliphatic heterocycles. The molecule has 1 rings (SSSR count). The summed E-state index contributed by atoms with van der Waals surface area (Å²) in [6.07, 6.45) is 1.21. The maximum absolute atomic E-state index is 5.75. The summed E-state index contributed by atoms with van der Waals surface area (Å²) in [4.78, 5) is 5.01. The predicted molar refractivity (Wildman–Crippen MR) is 66.0 cm³/mol. The summed E-state index contributed by atoms with van der Waals surface area (Å²) in [6, 6.07) is 0.692. The Morgan fingerprint density at radius 1 is 1.33 bits per heavy atom. The number of nitrogens with two attached hydrogens (primary N) is 1. The Bertz CT molecular complexity index is 191. The quantitative estimate of drug-likeness (QED) is 0.756. The lowest BCUT2D eigenvalue weighted by atomic mass is 9.89. The summed E-state index contributed by atoms with van der Waals surface area (Å²) in [5.41, 5.74) is 6.05. The molecular formula is C12H27N3. The van der Waals surface area contributed by atoms with Crippen LogP contribution in [-0.4, -0.2) is 55.6 Å². The van der Waals surface area contributed by atoms with Crippen molar-refractivity contribution in [1.82, 2.24) is 9.80 Å². The minimum atomic E-state index is 0.295. The molecule has 0 bridgehead atoms. The Morgan fingerprint density at radius 2 is 2.00 bits per heavy atom. The molecular weight excluding hydrogens is 186 g/mol. The Hall–Kier alpha value is -0.120. The third kappa shape index (κ3) is 4.09. The largest absolute Gasteiger partial charge is 0.330 e. The summed E-state index contributed by atoms with van der Waals surface area (Å²) >= 11 is 0. The highest BCUT2D eigenvalue weighted by molar-refractivity contribution is 4.79. The first-order chi connectivity index (χ1) is 6.94. The van der Waals surface area contributed by atoms with Crippen LogP contribution in [0.15, 0.2) is 0 Å². The molecule has 0 radical (unpaired) electrons. The van der Waals surface area contributed by atoms with E-state index in [2.05, 4.69) is 37.6 Å². The molecule has 0 saturated carbocycles. The lowest BCUT2D eigenvalue weighted by molar-refractivity contribution is 0.0883. The molecule has 3 nitrogen and oxygen atoms in total. The molecule has 0 spiro atoms. The Labute approximate surface area is 94.6 Å². The molecule has 1 unspecified atom stereocenters. The smallest absolute Gasteiger partial charge is 0.0195 e. The van der Waals surface area contributed by atoms with Gasteiger partial charge in [0.1, 0.15) is 0 Å². The van der Waals surface area contributed by atoms with Crippen molar-refractivity contribution >= 4 is 0 Å². The number of hydrogen-bond acceptors (Lipinski definition) is 3. The van der Waals surface area contributed by atoms with Crippen molar-refractivity contribution in [3.8, 4) is 0 Å². The molecule has 90 valence electrons. The fourth-order valence-corrected chi connectivity index (χ4v) is 2.06. The van der Waals surface area contributed by atoms with Crippen molar-refractivity contribution < 1.29 is 0 Å². The molecule has 1 fully saturated rings. The van der Waals surface area contributed by atoms with Crippen LogP contribution < -0.4 is 5.73 Å². The zero-order valence-electron chi connectivity index (χ0n) is 10.8. The van der Waals surface area contributed by atoms with Gasteiger partial charge < -0.3 is 10.6 Å². The zero-order valence-corrected chi connectivity index (χ0v) is 10.8. The summed E-state index contributed by atoms with van der Waals surface area (Å²) < 4.78 is 0. The van der Waals surface area contributed by atoms with E-state index in [1.165, 1.54) is 32.6 Å². The van der Waals surface area contributed by atoms with Gasteiger partial charge in [0, 0.05) is 25.7 Å². The number of likely N-dealkylation sites (N-methyl/N-ethyl adjacent to an activating group) is 1. The zero-order chi connectivity index (χ0) is 11.5. The third-order valence-electron chi connectivity index (χ3n) is 3.60. The molecule has 0 aromatic rings. The second kappa shape index (κ2) is 5.28. The molecule has 0 aromatic carbocycles. The van der Waals surface area contributed by atoms with E-state index < -0.39 is 0 Å². The summed E-state index contributed by atoms with van der Waals surface area (Å²) in [7, 11) is 2.21. The van der Waals surface area contributed by atoms with Gasteiger partial charge in [-0.05, 0) is 38.9 Å². The average Bonchev–Trinajstić information content (AvgIpc) is 2.16. The van der Waals surface area contributed by atoms with Crippen LogP contribution in [0.1, 0.15) is 27.2 Å². The van der Waals surface area contributed by atoms with Gasteiger partial charge >= 0.3 is 0 Å². The van der Waals surface area contributed by atoms with Gasteiger partial charge in [-0.1, -0.05) is 13.8 Å². The maximum Gasteiger partial charge on any atom is 0.0195 e. The van der Waals surface area contributed by atoms with Gasteiger partial charge in [0.25, 0.3) is 0 Å². The van der Waals surface area contributed by atoms with Crippen LogP contribution in [0.25, 0.3) is 0 Å². The fourth-order valence-electron chi connectivity index (χ4n) is 2.06. The van der Waals surface area contributed by atoms with E-state index in [0.717, 1.165) is 6.54 Å². The van der Waals surface area contributed by atoms with Crippen LogP contribution in [0.4, 0.5) is 0 Å². The van der Waals surface area contributed by atoms with E-state index in [1.807, 2.05) is 0 Å². The molecule has 15 heavy (non-hydrogen) atoms. The van der Waals surface area contributed by atoms with Gasteiger partial charge in [-0.3, -0.25) is 4.90 Å². The number of hydrogen-bond donors (Lipinski definition) is 1. The second-order valence-corrected chi connectivity index (χ2v) is 5.77. The second-order valence-electron chi connectivity index (χ2n) is 5.77. The number of nitrogens with zero attached hydrogens (tertiary/aromatic N) is 2. The lowest BCUT2D eigenvalue weighted by Gasteiger charge is -2.39. The lowest BCUT2D eigenvalue weighted by Crippen LogP contribution is -2.51. The van der Waals surface area contributed by atoms with Gasteiger partial charge in [0.15, 0.2) is 0 Å². The molecule has 0 amide bonds. The van der Waals surface area contributed by atoms with Crippen molar-refractivity contribution in [2.24, 2.45) is 11.1 Å². The van der Waals surface area contributed by atoms with Crippen LogP contribution >= 0.6 is 0 Å². The Morgan fingerprint density at radius 3 is 2.53 bits per heavy atom. The van der Waals surface area contributed by atoms with Crippen molar-refractivity contribution in [3.63, 3.8) is 0 Å². The third-order valence-corrected chi connectivity index (χ3v) is 3.60. The van der Waals surface area contributed by atoms with Gasteiger partial charge in [0.05, 0.1) is 0 Å². The van der Waals surface area contributed by atoms with Crippen LogP contribution in [0.3, 0.4) is 0 Å². The molecule has 1 aliphatic rings. The average molecular weight is 213 g/mol. The molecule has 0 aliphatic carbocycles. The van der Waals surface area contributed by atoms with Gasteiger partial charge in [-0.15, -0.1) is 0 Å². The van der Waals surface area contributed by atoms with Gasteiger partial charge in [0.2, 0.25) is 0 Å². The van der Waals surface area contributed by atoms with Gasteiger partial charge in [-0.25, -0.2) is 0 Å². The summed E-state index contributed by atoms with van der Waals surface area (Å²) in [5, 5.41) is 0. The Balaban J connectivity index is 2.33. The van der Waals surface area contributed by atoms with Crippen LogP contribution in [0.2, 0.25) is 0 Å². The Kier molecular flexibility index (Phi) is 4.56. The highest BCUT2D eigenvalue weighted by atomic mass is 15.3. The van der Waals surface area contributed by atoms with Crippen molar-refractivity contribution in [2.45, 2.75) is 33.2 Å². The molecule has 2 N–H and O–H groups in total. The van der Waals surface area contributed by atoms with Crippen LogP contribution in [-0.2, 0) is 0 Å². The molecule has 1 heterocycles. The highest BCUT2D eigenvalue weighted by Gasteiger charge is 2.23. The highest BCUT2D eigenvalue weighted by Crippen LogP contribution is 2.20. The summed E-state index contributed by atoms with van der Waals surface area (Å²) in [5.74, 6) is 0. The first-order valence-electron chi connectivity index (χ1n) is 6.07. The number of rotatable bonds is 4. The van der Waals surface area contributed by atoms with Gasteiger partial charge in [-0.2, -0.15) is 0 Å². The monoisotopic (exact) mass is 213 g/mol. The van der Waals surface area contributed by atoms with E-state index in [4.69, 9.17) is 5.73 Å². The van der Waals surface area contributed by atoms with E-state index in [1.54, 1.807) is 0 Å². The molecule has 1 saturated heterocycles. The van der Waals surface area contributed by atoms with Crippen molar-refractivity contribution in [2.75, 3.05) is 39.8 Å². The maximum atomic E-state index is 5.75. The van der Waals surface area contributed by atoms with Crippen molar-refractivity contribution in [1.29, 1.82) is 0 Å². The number of piperazine rings is 1. The minimum Gasteiger partial charge on any atom is -0.330 e.